The molecule has 0 saturated carbocycles. The molecule has 0 aliphatic carbocycles. The zero-order chi connectivity index (χ0) is 14.5. The molecule has 1 rings (SSSR count). The molecule has 0 heterocycles. The van der Waals surface area contributed by atoms with E-state index in [1.54, 1.807) is 6.08 Å². The van der Waals surface area contributed by atoms with Crippen molar-refractivity contribution in [3.8, 4) is 0 Å². The molecule has 1 atom stereocenters. The third-order valence-corrected chi connectivity index (χ3v) is 3.18. The topological polar surface area (TPSA) is 20.3 Å². The van der Waals surface area contributed by atoms with Crippen molar-refractivity contribution >= 4 is 11.9 Å². The molecule has 1 aromatic carbocycles. The van der Waals surface area contributed by atoms with Crippen molar-refractivity contribution in [2.24, 2.45) is 11.3 Å². The van der Waals surface area contributed by atoms with Gasteiger partial charge in [-0.3, -0.25) is 4.79 Å². The molecule has 0 bridgehead atoms. The summed E-state index contributed by atoms with van der Waals surface area (Å²) < 4.78 is 0. The van der Waals surface area contributed by atoms with Gasteiger partial charge in [-0.1, -0.05) is 57.2 Å². The molecule has 0 aromatic heterocycles. The molecule has 0 saturated heterocycles. The number of hydrogen-bond acceptors (Lipinski definition) is 2. The molecule has 19 heavy (non-hydrogen) atoms. The Kier molecular flexibility index (Phi) is 5.49. The number of benzene rings is 1. The number of carbonyl (C=O) groups is 1. The van der Waals surface area contributed by atoms with E-state index >= 15 is 0 Å². The highest BCUT2D eigenvalue weighted by Gasteiger charge is 2.29. The Hall–Kier alpha value is -1.41. The Morgan fingerprint density at radius 3 is 2.26 bits per heavy atom. The Balaban J connectivity index is 2.81. The normalized spacial score (nSPS) is 14.0. The summed E-state index contributed by atoms with van der Waals surface area (Å²) in [6.45, 7) is 7.14. The molecule has 0 spiro atoms. The van der Waals surface area contributed by atoms with Crippen LogP contribution in [0.1, 0.15) is 26.3 Å². The van der Waals surface area contributed by atoms with Gasteiger partial charge in [0.2, 0.25) is 0 Å². The number of allylic oxidation sites excluding steroid dienone is 1. The van der Waals surface area contributed by atoms with Crippen LogP contribution < -0.4 is 0 Å². The summed E-state index contributed by atoms with van der Waals surface area (Å²) in [4.78, 5) is 14.5. The van der Waals surface area contributed by atoms with Crippen LogP contribution in [0.5, 0.6) is 0 Å². The maximum Gasteiger partial charge on any atom is 0.160 e. The number of rotatable bonds is 5. The summed E-state index contributed by atoms with van der Waals surface area (Å²) in [6, 6.07) is 9.93. The van der Waals surface area contributed by atoms with Gasteiger partial charge in [0, 0.05) is 12.5 Å². The summed E-state index contributed by atoms with van der Waals surface area (Å²) in [5.41, 5.74) is 1.04. The van der Waals surface area contributed by atoms with E-state index in [4.69, 9.17) is 0 Å². The van der Waals surface area contributed by atoms with E-state index in [1.165, 1.54) is 0 Å². The molecule has 0 radical (unpaired) electrons. The van der Waals surface area contributed by atoms with E-state index in [2.05, 4.69) is 25.7 Å². The predicted octanol–water partition coefficient (Wildman–Crippen LogP) is 3.49. The Labute approximate surface area is 117 Å². The van der Waals surface area contributed by atoms with Crippen molar-refractivity contribution in [1.82, 2.24) is 4.90 Å². The van der Waals surface area contributed by atoms with Crippen LogP contribution in [-0.2, 0) is 4.79 Å². The van der Waals surface area contributed by atoms with Crippen LogP contribution in [-0.4, -0.2) is 31.3 Å². The summed E-state index contributed by atoms with van der Waals surface area (Å²) in [6.07, 6.45) is 3.62. The molecule has 104 valence electrons. The third-order valence-electron chi connectivity index (χ3n) is 3.18. The lowest BCUT2D eigenvalue weighted by atomic mass is 9.77. The molecule has 2 heteroatoms. The monoisotopic (exact) mass is 259 g/mol. The summed E-state index contributed by atoms with van der Waals surface area (Å²) in [7, 11) is 4.01. The first-order valence-corrected chi connectivity index (χ1v) is 6.72. The van der Waals surface area contributed by atoms with Crippen LogP contribution >= 0.6 is 0 Å². The fraction of sp³-hybridized carbons (Fsp3) is 0.471. The van der Waals surface area contributed by atoms with Crippen LogP contribution in [0, 0.1) is 11.3 Å². The largest absolute Gasteiger partial charge is 0.309 e. The SMILES string of the molecule is CN(C)CC(C(=O)C=Cc1ccccc1)C(C)(C)C. The van der Waals surface area contributed by atoms with Crippen LogP contribution in [0.3, 0.4) is 0 Å². The second kappa shape index (κ2) is 6.67. The Morgan fingerprint density at radius 1 is 1.21 bits per heavy atom. The molecule has 0 fully saturated rings. The van der Waals surface area contributed by atoms with Gasteiger partial charge in [-0.2, -0.15) is 0 Å². The Morgan fingerprint density at radius 2 is 1.79 bits per heavy atom. The van der Waals surface area contributed by atoms with Gasteiger partial charge in [0.1, 0.15) is 0 Å². The molecule has 1 unspecified atom stereocenters. The predicted molar refractivity (Wildman–Crippen MR) is 82.0 cm³/mol. The summed E-state index contributed by atoms with van der Waals surface area (Å²) in [5.74, 6) is 0.215. The van der Waals surface area contributed by atoms with E-state index in [0.29, 0.717) is 0 Å². The lowest BCUT2D eigenvalue weighted by molar-refractivity contribution is -0.121. The first-order chi connectivity index (χ1) is 8.80. The summed E-state index contributed by atoms with van der Waals surface area (Å²) in [5, 5.41) is 0. The quantitative estimate of drug-likeness (QED) is 0.754. The number of ketones is 1. The molecule has 0 aliphatic heterocycles. The molecule has 0 aliphatic rings. The van der Waals surface area contributed by atoms with E-state index in [1.807, 2.05) is 50.5 Å². The van der Waals surface area contributed by atoms with E-state index in [0.717, 1.165) is 12.1 Å². The molecule has 1 aromatic rings. The fourth-order valence-corrected chi connectivity index (χ4v) is 2.01. The maximum absolute atomic E-state index is 12.4. The minimum absolute atomic E-state index is 0.0162. The van der Waals surface area contributed by atoms with Crippen LogP contribution in [0.4, 0.5) is 0 Å². The third kappa shape index (κ3) is 5.39. The van der Waals surface area contributed by atoms with Gasteiger partial charge in [-0.15, -0.1) is 0 Å². The second-order valence-corrected chi connectivity index (χ2v) is 6.33. The van der Waals surface area contributed by atoms with Gasteiger partial charge in [0.25, 0.3) is 0 Å². The average Bonchev–Trinajstić information content (AvgIpc) is 2.33. The number of nitrogens with zero attached hydrogens (tertiary/aromatic N) is 1. The van der Waals surface area contributed by atoms with Crippen molar-refractivity contribution in [3.63, 3.8) is 0 Å². The van der Waals surface area contributed by atoms with Crippen LogP contribution in [0.25, 0.3) is 6.08 Å². The zero-order valence-corrected chi connectivity index (χ0v) is 12.7. The van der Waals surface area contributed by atoms with Gasteiger partial charge in [-0.05, 0) is 31.1 Å². The highest BCUT2D eigenvalue weighted by molar-refractivity contribution is 5.96. The van der Waals surface area contributed by atoms with Crippen molar-refractivity contribution < 1.29 is 4.79 Å². The van der Waals surface area contributed by atoms with Gasteiger partial charge in [0.15, 0.2) is 5.78 Å². The van der Waals surface area contributed by atoms with Crippen LogP contribution in [0.2, 0.25) is 0 Å². The lowest BCUT2D eigenvalue weighted by Crippen LogP contribution is -2.36. The Bertz CT molecular complexity index is 426. The zero-order valence-electron chi connectivity index (χ0n) is 12.7. The molecular weight excluding hydrogens is 234 g/mol. The average molecular weight is 259 g/mol. The fourth-order valence-electron chi connectivity index (χ4n) is 2.01. The number of carbonyl (C=O) groups excluding carboxylic acids is 1. The smallest absolute Gasteiger partial charge is 0.160 e. The molecule has 0 N–H and O–H groups in total. The van der Waals surface area contributed by atoms with E-state index in [9.17, 15) is 4.79 Å². The number of hydrogen-bond donors (Lipinski definition) is 0. The van der Waals surface area contributed by atoms with E-state index in [-0.39, 0.29) is 17.1 Å². The van der Waals surface area contributed by atoms with Crippen molar-refractivity contribution in [1.29, 1.82) is 0 Å². The van der Waals surface area contributed by atoms with Gasteiger partial charge in [-0.25, -0.2) is 0 Å². The van der Waals surface area contributed by atoms with Gasteiger partial charge in [0.05, 0.1) is 0 Å². The second-order valence-electron chi connectivity index (χ2n) is 6.33. The maximum atomic E-state index is 12.4. The van der Waals surface area contributed by atoms with Crippen molar-refractivity contribution in [2.75, 3.05) is 20.6 Å². The van der Waals surface area contributed by atoms with Crippen molar-refractivity contribution in [3.05, 3.63) is 42.0 Å². The van der Waals surface area contributed by atoms with Gasteiger partial charge < -0.3 is 4.90 Å². The standard InChI is InChI=1S/C17H25NO/c1-17(2,3)15(13-18(4)5)16(19)12-11-14-9-7-6-8-10-14/h6-12,15H,13H2,1-5H3. The first-order valence-electron chi connectivity index (χ1n) is 6.72. The van der Waals surface area contributed by atoms with Crippen molar-refractivity contribution in [2.45, 2.75) is 20.8 Å². The van der Waals surface area contributed by atoms with Crippen LogP contribution in [0.15, 0.2) is 36.4 Å². The van der Waals surface area contributed by atoms with Gasteiger partial charge >= 0.3 is 0 Å². The first kappa shape index (κ1) is 15.6. The highest BCUT2D eigenvalue weighted by atomic mass is 16.1. The molecular formula is C17H25NO. The summed E-state index contributed by atoms with van der Waals surface area (Å²) >= 11 is 0. The minimum atomic E-state index is -0.0254. The lowest BCUT2D eigenvalue weighted by Gasteiger charge is -2.30. The van der Waals surface area contributed by atoms with E-state index < -0.39 is 0 Å². The molecule has 0 amide bonds. The highest BCUT2D eigenvalue weighted by Crippen LogP contribution is 2.27. The molecule has 2 nitrogen and oxygen atoms in total. The minimum Gasteiger partial charge on any atom is -0.309 e.